The third-order valence-corrected chi connectivity index (χ3v) is 3.51. The van der Waals surface area contributed by atoms with E-state index in [2.05, 4.69) is 10.6 Å². The summed E-state index contributed by atoms with van der Waals surface area (Å²) in [6.07, 6.45) is 0.357. The quantitative estimate of drug-likeness (QED) is 0.877. The number of aryl methyl sites for hydroxylation is 1. The molecule has 0 atom stereocenters. The zero-order chi connectivity index (χ0) is 17.7. The van der Waals surface area contributed by atoms with E-state index in [0.717, 1.165) is 5.56 Å². The van der Waals surface area contributed by atoms with Crippen LogP contribution in [0.3, 0.4) is 0 Å². The number of hydrogen-bond donors (Lipinski definition) is 2. The molecule has 126 valence electrons. The van der Waals surface area contributed by atoms with Crippen LogP contribution in [0, 0.1) is 12.7 Å². The van der Waals surface area contributed by atoms with Crippen LogP contribution in [0.15, 0.2) is 36.4 Å². The van der Waals surface area contributed by atoms with Crippen LogP contribution in [0.2, 0.25) is 0 Å². The zero-order valence-electron chi connectivity index (χ0n) is 13.8. The molecule has 0 unspecified atom stereocenters. The van der Waals surface area contributed by atoms with Gasteiger partial charge in [-0.25, -0.2) is 4.39 Å². The average Bonchev–Trinajstić information content (AvgIpc) is 2.57. The monoisotopic (exact) mass is 330 g/mol. The van der Waals surface area contributed by atoms with Crippen molar-refractivity contribution in [2.45, 2.75) is 20.3 Å². The van der Waals surface area contributed by atoms with Crippen molar-refractivity contribution < 1.29 is 18.7 Å². The molecule has 0 spiro atoms. The number of halogens is 1. The molecule has 2 N–H and O–H groups in total. The molecule has 0 fully saturated rings. The number of nitrogens with one attached hydrogen (secondary N) is 2. The number of rotatable bonds is 5. The largest absolute Gasteiger partial charge is 0.493 e. The van der Waals surface area contributed by atoms with Crippen LogP contribution in [-0.4, -0.2) is 18.9 Å². The highest BCUT2D eigenvalue weighted by Crippen LogP contribution is 2.25. The summed E-state index contributed by atoms with van der Waals surface area (Å²) in [4.78, 5) is 23.9. The van der Waals surface area contributed by atoms with Crippen LogP contribution in [-0.2, 0) is 4.79 Å². The summed E-state index contributed by atoms with van der Waals surface area (Å²) < 4.78 is 18.7. The topological polar surface area (TPSA) is 67.4 Å². The Morgan fingerprint density at radius 1 is 1.17 bits per heavy atom. The summed E-state index contributed by atoms with van der Waals surface area (Å²) >= 11 is 0. The Balaban J connectivity index is 2.27. The van der Waals surface area contributed by atoms with E-state index in [4.69, 9.17) is 4.74 Å². The van der Waals surface area contributed by atoms with Crippen LogP contribution in [0.4, 0.5) is 15.8 Å². The van der Waals surface area contributed by atoms with Gasteiger partial charge < -0.3 is 15.4 Å². The van der Waals surface area contributed by atoms with Gasteiger partial charge >= 0.3 is 0 Å². The van der Waals surface area contributed by atoms with Crippen molar-refractivity contribution in [3.63, 3.8) is 0 Å². The second-order valence-corrected chi connectivity index (χ2v) is 5.21. The summed E-state index contributed by atoms with van der Waals surface area (Å²) in [6.45, 7) is 3.58. The van der Waals surface area contributed by atoms with Gasteiger partial charge in [0.2, 0.25) is 5.91 Å². The Bertz CT molecular complexity index is 775. The van der Waals surface area contributed by atoms with E-state index in [0.29, 0.717) is 17.8 Å². The second kappa shape index (κ2) is 7.59. The number of carbonyl (C=O) groups excluding carboxylic acids is 2. The molecule has 2 aromatic rings. The fourth-order valence-corrected chi connectivity index (χ4v) is 2.17. The van der Waals surface area contributed by atoms with E-state index in [9.17, 15) is 14.0 Å². The van der Waals surface area contributed by atoms with E-state index >= 15 is 0 Å². The molecule has 0 saturated heterocycles. The molecule has 2 amide bonds. The minimum absolute atomic E-state index is 0.0971. The van der Waals surface area contributed by atoms with Crippen molar-refractivity contribution >= 4 is 23.2 Å². The van der Waals surface area contributed by atoms with Gasteiger partial charge in [-0.2, -0.15) is 0 Å². The summed E-state index contributed by atoms with van der Waals surface area (Å²) in [5, 5.41) is 5.45. The van der Waals surface area contributed by atoms with Crippen LogP contribution in [0.1, 0.15) is 29.3 Å². The Morgan fingerprint density at radius 3 is 2.58 bits per heavy atom. The maximum atomic E-state index is 13.7. The lowest BCUT2D eigenvalue weighted by molar-refractivity contribution is -0.115. The predicted molar refractivity (Wildman–Crippen MR) is 91.0 cm³/mol. The normalized spacial score (nSPS) is 10.2. The Kier molecular flexibility index (Phi) is 5.52. The van der Waals surface area contributed by atoms with Crippen LogP contribution < -0.4 is 15.4 Å². The number of benzene rings is 2. The first-order valence-electron chi connectivity index (χ1n) is 7.50. The van der Waals surface area contributed by atoms with Crippen LogP contribution >= 0.6 is 0 Å². The lowest BCUT2D eigenvalue weighted by Gasteiger charge is -2.13. The highest BCUT2D eigenvalue weighted by Gasteiger charge is 2.16. The minimum Gasteiger partial charge on any atom is -0.493 e. The summed E-state index contributed by atoms with van der Waals surface area (Å²) in [5.74, 6) is -1.33. The van der Waals surface area contributed by atoms with Crippen molar-refractivity contribution in [2.75, 3.05) is 17.7 Å². The fraction of sp³-hybridized carbons (Fsp3) is 0.222. The smallest absolute Gasteiger partial charge is 0.259 e. The SMILES string of the molecule is CCC(=O)Nc1ccc(C)c(NC(=O)c2cccc(F)c2OC)c1. The molecule has 0 aliphatic carbocycles. The number of carbonyl (C=O) groups is 2. The molecule has 2 rings (SSSR count). The highest BCUT2D eigenvalue weighted by atomic mass is 19.1. The minimum atomic E-state index is -0.606. The molecule has 5 nitrogen and oxygen atoms in total. The molecule has 0 bridgehead atoms. The molecule has 0 radical (unpaired) electrons. The Hall–Kier alpha value is -2.89. The van der Waals surface area contributed by atoms with Gasteiger partial charge in [-0.15, -0.1) is 0 Å². The first kappa shape index (κ1) is 17.5. The predicted octanol–water partition coefficient (Wildman–Crippen LogP) is 3.74. The Labute approximate surface area is 139 Å². The second-order valence-electron chi connectivity index (χ2n) is 5.21. The van der Waals surface area contributed by atoms with Crippen LogP contribution in [0.5, 0.6) is 5.75 Å². The van der Waals surface area contributed by atoms with Crippen molar-refractivity contribution in [1.29, 1.82) is 0 Å². The van der Waals surface area contributed by atoms with E-state index in [1.54, 1.807) is 25.1 Å². The maximum absolute atomic E-state index is 13.7. The van der Waals surface area contributed by atoms with Gasteiger partial charge in [0.15, 0.2) is 11.6 Å². The van der Waals surface area contributed by atoms with Crippen molar-refractivity contribution in [3.05, 3.63) is 53.3 Å². The van der Waals surface area contributed by atoms with E-state index in [1.165, 1.54) is 25.3 Å². The molecule has 2 aromatic carbocycles. The molecule has 0 aliphatic heterocycles. The van der Waals surface area contributed by atoms with Gasteiger partial charge in [0.25, 0.3) is 5.91 Å². The highest BCUT2D eigenvalue weighted by molar-refractivity contribution is 6.07. The number of hydrogen-bond acceptors (Lipinski definition) is 3. The average molecular weight is 330 g/mol. The fourth-order valence-electron chi connectivity index (χ4n) is 2.17. The number of amides is 2. The van der Waals surface area contributed by atoms with Gasteiger partial charge in [-0.05, 0) is 36.8 Å². The summed E-state index contributed by atoms with van der Waals surface area (Å²) in [6, 6.07) is 9.34. The molecule has 24 heavy (non-hydrogen) atoms. The zero-order valence-corrected chi connectivity index (χ0v) is 13.8. The number of methoxy groups -OCH3 is 1. The van der Waals surface area contributed by atoms with Crippen molar-refractivity contribution in [2.24, 2.45) is 0 Å². The lowest BCUT2D eigenvalue weighted by atomic mass is 10.1. The molecule has 0 aliphatic rings. The summed E-state index contributed by atoms with van der Waals surface area (Å²) in [7, 11) is 1.31. The van der Waals surface area contributed by atoms with Gasteiger partial charge in [-0.3, -0.25) is 9.59 Å². The van der Waals surface area contributed by atoms with Crippen LogP contribution in [0.25, 0.3) is 0 Å². The third kappa shape index (κ3) is 3.90. The van der Waals surface area contributed by atoms with Crippen molar-refractivity contribution in [1.82, 2.24) is 0 Å². The number of para-hydroxylation sites is 1. The maximum Gasteiger partial charge on any atom is 0.259 e. The van der Waals surface area contributed by atoms with E-state index in [1.807, 2.05) is 6.92 Å². The number of ether oxygens (including phenoxy) is 1. The molecule has 0 heterocycles. The van der Waals surface area contributed by atoms with E-state index < -0.39 is 11.7 Å². The standard InChI is InChI=1S/C18H19FN2O3/c1-4-16(22)20-12-9-8-11(2)15(10-12)21-18(23)13-6-5-7-14(19)17(13)24-3/h5-10H,4H2,1-3H3,(H,20,22)(H,21,23). The van der Waals surface area contributed by atoms with Gasteiger partial charge in [0, 0.05) is 17.8 Å². The molecular weight excluding hydrogens is 311 g/mol. The molecule has 0 aromatic heterocycles. The first-order chi connectivity index (χ1) is 11.5. The third-order valence-electron chi connectivity index (χ3n) is 3.51. The summed E-state index contributed by atoms with van der Waals surface area (Å²) in [5.41, 5.74) is 2.02. The molecule has 0 saturated carbocycles. The molecule has 6 heteroatoms. The van der Waals surface area contributed by atoms with Gasteiger partial charge in [0.05, 0.1) is 12.7 Å². The van der Waals surface area contributed by atoms with E-state index in [-0.39, 0.29) is 17.2 Å². The first-order valence-corrected chi connectivity index (χ1v) is 7.50. The van der Waals surface area contributed by atoms with Gasteiger partial charge in [0.1, 0.15) is 0 Å². The number of anilines is 2. The lowest BCUT2D eigenvalue weighted by Crippen LogP contribution is -2.15. The Morgan fingerprint density at radius 2 is 1.92 bits per heavy atom. The van der Waals surface area contributed by atoms with Gasteiger partial charge in [-0.1, -0.05) is 19.1 Å². The molecular formula is C18H19FN2O3. The van der Waals surface area contributed by atoms with Crippen molar-refractivity contribution in [3.8, 4) is 5.75 Å².